The molecule has 0 saturated carbocycles. The van der Waals surface area contributed by atoms with Gasteiger partial charge in [0, 0.05) is 24.4 Å². The zero-order chi connectivity index (χ0) is 15.7. The van der Waals surface area contributed by atoms with Crippen LogP contribution in [0.1, 0.15) is 0 Å². The molecular formula is C14H13N5OS2. The molecule has 22 heavy (non-hydrogen) atoms. The Morgan fingerprint density at radius 1 is 1.14 bits per heavy atom. The van der Waals surface area contributed by atoms with Crippen molar-refractivity contribution in [2.24, 2.45) is 10.2 Å². The van der Waals surface area contributed by atoms with Gasteiger partial charge in [-0.05, 0) is 11.5 Å². The maximum absolute atomic E-state index is 10.3. The molecule has 8 heteroatoms. The fourth-order valence-corrected chi connectivity index (χ4v) is 2.84. The first-order valence-electron chi connectivity index (χ1n) is 6.42. The second kappa shape index (κ2) is 5.90. The standard InChI is InChI=1S/C14H13N5OS2/c1-19(2)14-18-17-13(22-14)16-15-10-7-11(21)8-5-3-4-6-9(8)12(10)20/h3-7,20-21H,1-2H3. The first-order valence-corrected chi connectivity index (χ1v) is 7.69. The summed E-state index contributed by atoms with van der Waals surface area (Å²) in [5.74, 6) is 0.0782. The minimum atomic E-state index is 0.0782. The minimum Gasteiger partial charge on any atom is -0.505 e. The molecule has 0 atom stereocenters. The summed E-state index contributed by atoms with van der Waals surface area (Å²) < 4.78 is 0. The van der Waals surface area contributed by atoms with Crippen LogP contribution in [0.25, 0.3) is 10.8 Å². The molecule has 0 aliphatic rings. The van der Waals surface area contributed by atoms with Gasteiger partial charge in [-0.1, -0.05) is 35.6 Å². The lowest BCUT2D eigenvalue weighted by Gasteiger charge is -2.06. The van der Waals surface area contributed by atoms with Gasteiger partial charge < -0.3 is 10.0 Å². The van der Waals surface area contributed by atoms with Gasteiger partial charge in [-0.2, -0.15) is 0 Å². The third-order valence-electron chi connectivity index (χ3n) is 3.00. The molecule has 0 aliphatic carbocycles. The van der Waals surface area contributed by atoms with Crippen molar-refractivity contribution in [1.29, 1.82) is 0 Å². The Morgan fingerprint density at radius 2 is 1.86 bits per heavy atom. The molecule has 1 N–H and O–H groups in total. The first kappa shape index (κ1) is 14.7. The number of hydrogen-bond donors (Lipinski definition) is 2. The number of aromatic nitrogens is 2. The highest BCUT2D eigenvalue weighted by Gasteiger charge is 2.10. The smallest absolute Gasteiger partial charge is 0.253 e. The van der Waals surface area contributed by atoms with Crippen LogP contribution in [-0.2, 0) is 0 Å². The van der Waals surface area contributed by atoms with Crippen molar-refractivity contribution < 1.29 is 5.11 Å². The number of anilines is 1. The van der Waals surface area contributed by atoms with E-state index in [2.05, 4.69) is 33.1 Å². The van der Waals surface area contributed by atoms with Gasteiger partial charge in [0.1, 0.15) is 5.69 Å². The van der Waals surface area contributed by atoms with Crippen molar-refractivity contribution in [2.45, 2.75) is 4.90 Å². The Morgan fingerprint density at radius 3 is 2.55 bits per heavy atom. The second-order valence-electron chi connectivity index (χ2n) is 4.77. The molecule has 3 aromatic rings. The average Bonchev–Trinajstić information content (AvgIpc) is 2.99. The highest BCUT2D eigenvalue weighted by Crippen LogP contribution is 2.39. The van der Waals surface area contributed by atoms with Gasteiger partial charge in [-0.25, -0.2) is 0 Å². The molecule has 0 aliphatic heterocycles. The summed E-state index contributed by atoms with van der Waals surface area (Å²) >= 11 is 5.75. The Balaban J connectivity index is 1.99. The molecule has 0 unspecified atom stereocenters. The number of rotatable bonds is 3. The molecule has 0 fully saturated rings. The van der Waals surface area contributed by atoms with Crippen molar-refractivity contribution >= 4 is 50.7 Å². The van der Waals surface area contributed by atoms with Crippen LogP contribution < -0.4 is 4.90 Å². The molecule has 0 bridgehead atoms. The number of azo groups is 1. The van der Waals surface area contributed by atoms with E-state index in [0.29, 0.717) is 16.2 Å². The van der Waals surface area contributed by atoms with Crippen molar-refractivity contribution in [3.63, 3.8) is 0 Å². The number of fused-ring (bicyclic) bond motifs is 1. The molecule has 3 rings (SSSR count). The molecule has 0 saturated heterocycles. The van der Waals surface area contributed by atoms with E-state index in [-0.39, 0.29) is 5.75 Å². The number of thiol groups is 1. The predicted molar refractivity (Wildman–Crippen MR) is 91.3 cm³/mol. The van der Waals surface area contributed by atoms with Gasteiger partial charge in [-0.15, -0.1) is 33.1 Å². The normalized spacial score (nSPS) is 11.4. The van der Waals surface area contributed by atoms with E-state index in [0.717, 1.165) is 15.4 Å². The third-order valence-corrected chi connectivity index (χ3v) is 4.35. The van der Waals surface area contributed by atoms with E-state index < -0.39 is 0 Å². The van der Waals surface area contributed by atoms with Crippen LogP contribution in [0.15, 0.2) is 45.5 Å². The van der Waals surface area contributed by atoms with E-state index in [4.69, 9.17) is 0 Å². The summed E-state index contributed by atoms with van der Waals surface area (Å²) in [6, 6.07) is 9.14. The highest BCUT2D eigenvalue weighted by molar-refractivity contribution is 7.80. The third kappa shape index (κ3) is 2.75. The van der Waals surface area contributed by atoms with Gasteiger partial charge in [-0.3, -0.25) is 0 Å². The lowest BCUT2D eigenvalue weighted by atomic mass is 10.1. The molecule has 1 heterocycles. The summed E-state index contributed by atoms with van der Waals surface area (Å²) in [7, 11) is 3.76. The summed E-state index contributed by atoms with van der Waals surface area (Å²) in [4.78, 5) is 2.57. The van der Waals surface area contributed by atoms with Crippen LogP contribution >= 0.6 is 24.0 Å². The van der Waals surface area contributed by atoms with E-state index in [9.17, 15) is 5.11 Å². The second-order valence-corrected chi connectivity index (χ2v) is 6.19. The van der Waals surface area contributed by atoms with Gasteiger partial charge >= 0.3 is 0 Å². The predicted octanol–water partition coefficient (Wildman–Crippen LogP) is 4.17. The Bertz CT molecular complexity index is 860. The largest absolute Gasteiger partial charge is 0.505 e. The summed E-state index contributed by atoms with van der Waals surface area (Å²) in [5, 5.41) is 29.1. The van der Waals surface area contributed by atoms with Crippen LogP contribution in [0.2, 0.25) is 0 Å². The quantitative estimate of drug-likeness (QED) is 0.558. The zero-order valence-electron chi connectivity index (χ0n) is 11.9. The highest BCUT2D eigenvalue weighted by atomic mass is 32.1. The maximum atomic E-state index is 10.3. The monoisotopic (exact) mass is 331 g/mol. The maximum Gasteiger partial charge on any atom is 0.253 e. The molecule has 0 amide bonds. The summed E-state index contributed by atoms with van der Waals surface area (Å²) in [6.07, 6.45) is 0. The molecule has 2 aromatic carbocycles. The topological polar surface area (TPSA) is 74.0 Å². The van der Waals surface area contributed by atoms with E-state index in [1.54, 1.807) is 6.07 Å². The van der Waals surface area contributed by atoms with E-state index in [1.165, 1.54) is 11.3 Å². The summed E-state index contributed by atoms with van der Waals surface area (Å²) in [6.45, 7) is 0. The Labute approximate surface area is 136 Å². The van der Waals surface area contributed by atoms with Gasteiger partial charge in [0.05, 0.1) is 0 Å². The van der Waals surface area contributed by atoms with E-state index >= 15 is 0 Å². The molecule has 0 spiro atoms. The average molecular weight is 331 g/mol. The van der Waals surface area contributed by atoms with Crippen LogP contribution in [0.4, 0.5) is 16.0 Å². The number of benzene rings is 2. The van der Waals surface area contributed by atoms with Crippen LogP contribution in [0.3, 0.4) is 0 Å². The molecule has 112 valence electrons. The minimum absolute atomic E-state index is 0.0782. The number of hydrogen-bond acceptors (Lipinski definition) is 8. The van der Waals surface area contributed by atoms with Crippen LogP contribution in [-0.4, -0.2) is 29.4 Å². The fraction of sp³-hybridized carbons (Fsp3) is 0.143. The lowest BCUT2D eigenvalue weighted by molar-refractivity contribution is 0.482. The van der Waals surface area contributed by atoms with Crippen molar-refractivity contribution in [3.8, 4) is 5.75 Å². The number of aromatic hydroxyl groups is 1. The number of phenols is 1. The number of phenolic OH excluding ortho intramolecular Hbond substituents is 1. The molecule has 0 radical (unpaired) electrons. The van der Waals surface area contributed by atoms with Crippen LogP contribution in [0, 0.1) is 0 Å². The zero-order valence-corrected chi connectivity index (χ0v) is 13.6. The van der Waals surface area contributed by atoms with Crippen molar-refractivity contribution in [3.05, 3.63) is 30.3 Å². The Hall–Kier alpha value is -2.19. The molecular weight excluding hydrogens is 318 g/mol. The first-order chi connectivity index (χ1) is 10.6. The SMILES string of the molecule is CN(C)c1nnc(N=Nc2cc(S)c3ccccc3c2O)s1. The van der Waals surface area contributed by atoms with Crippen molar-refractivity contribution in [1.82, 2.24) is 10.2 Å². The molecule has 1 aromatic heterocycles. The van der Waals surface area contributed by atoms with E-state index in [1.807, 2.05) is 43.3 Å². The van der Waals surface area contributed by atoms with Gasteiger partial charge in [0.2, 0.25) is 5.13 Å². The lowest BCUT2D eigenvalue weighted by Crippen LogP contribution is -2.07. The molecule has 6 nitrogen and oxygen atoms in total. The Kier molecular flexibility index (Phi) is 3.95. The fourth-order valence-electron chi connectivity index (χ4n) is 1.93. The number of nitrogens with zero attached hydrogens (tertiary/aromatic N) is 5. The summed E-state index contributed by atoms with van der Waals surface area (Å²) in [5.41, 5.74) is 0.352. The van der Waals surface area contributed by atoms with Gasteiger partial charge in [0.15, 0.2) is 5.75 Å². The van der Waals surface area contributed by atoms with Crippen molar-refractivity contribution in [2.75, 3.05) is 19.0 Å². The van der Waals surface area contributed by atoms with Gasteiger partial charge in [0.25, 0.3) is 5.13 Å². The van der Waals surface area contributed by atoms with Crippen LogP contribution in [0.5, 0.6) is 5.75 Å².